The van der Waals surface area contributed by atoms with E-state index in [4.69, 9.17) is 4.52 Å². The second kappa shape index (κ2) is 9.58. The molecule has 1 nitrogen and oxygen atoms in total. The lowest BCUT2D eigenvalue weighted by Gasteiger charge is -2.28. The highest BCUT2D eigenvalue weighted by Crippen LogP contribution is 2.63. The molecule has 0 aromatic heterocycles. The predicted molar refractivity (Wildman–Crippen MR) is 135 cm³/mol. The van der Waals surface area contributed by atoms with E-state index in [-0.39, 0.29) is 0 Å². The van der Waals surface area contributed by atoms with Gasteiger partial charge in [0.1, 0.15) is 12.3 Å². The van der Waals surface area contributed by atoms with Crippen LogP contribution in [0.2, 0.25) is 0 Å². The number of rotatable bonds is 9. The average Bonchev–Trinajstić information content (AvgIpc) is 3.60. The van der Waals surface area contributed by atoms with Crippen LogP contribution in [0.25, 0.3) is 0 Å². The molecule has 0 unspecified atom stereocenters. The largest absolute Gasteiger partial charge is 0.350 e. The minimum absolute atomic E-state index is 0.447. The summed E-state index contributed by atoms with van der Waals surface area (Å²) in [6, 6.07) is 28.6. The molecule has 31 heavy (non-hydrogen) atoms. The Hall–Kier alpha value is -2.11. The Morgan fingerprint density at radius 2 is 1.26 bits per heavy atom. The Balaban J connectivity index is 1.73. The van der Waals surface area contributed by atoms with Crippen molar-refractivity contribution < 1.29 is 4.52 Å². The summed E-state index contributed by atoms with van der Waals surface area (Å²) in [4.78, 5) is 0. The first-order chi connectivity index (χ1) is 15.0. The van der Waals surface area contributed by atoms with E-state index in [1.165, 1.54) is 40.8 Å². The summed E-state index contributed by atoms with van der Waals surface area (Å²) in [6.07, 6.45) is 4.69. The molecule has 0 bridgehead atoms. The van der Waals surface area contributed by atoms with Crippen LogP contribution in [0.15, 0.2) is 78.9 Å². The summed E-state index contributed by atoms with van der Waals surface area (Å²) < 4.78 is 7.24. The third-order valence-corrected chi connectivity index (χ3v) is 9.24. The van der Waals surface area contributed by atoms with Crippen molar-refractivity contribution in [2.24, 2.45) is 5.92 Å². The van der Waals surface area contributed by atoms with Crippen molar-refractivity contribution >= 4 is 7.49 Å². The molecule has 0 heterocycles. The Morgan fingerprint density at radius 1 is 0.742 bits per heavy atom. The minimum Gasteiger partial charge on any atom is -0.350 e. The van der Waals surface area contributed by atoms with Gasteiger partial charge in [0.25, 0.3) is 0 Å². The number of hydrogen-bond donors (Lipinski definition) is 0. The van der Waals surface area contributed by atoms with Gasteiger partial charge in [0.05, 0.1) is 6.66 Å². The maximum atomic E-state index is 7.24. The lowest BCUT2D eigenvalue weighted by Crippen LogP contribution is -2.11. The zero-order chi connectivity index (χ0) is 21.8. The van der Waals surface area contributed by atoms with Gasteiger partial charge < -0.3 is 4.52 Å². The monoisotopic (exact) mass is 431 g/mol. The van der Waals surface area contributed by atoms with Crippen molar-refractivity contribution in [3.63, 3.8) is 0 Å². The quantitative estimate of drug-likeness (QED) is 0.308. The fraction of sp³-hybridized carbons (Fsp3) is 0.379. The predicted octanol–water partition coefficient (Wildman–Crippen LogP) is 8.67. The molecule has 1 fully saturated rings. The Bertz CT molecular complexity index is 935. The van der Waals surface area contributed by atoms with Crippen LogP contribution in [0.3, 0.4) is 0 Å². The van der Waals surface area contributed by atoms with E-state index >= 15 is 0 Å². The highest BCUT2D eigenvalue weighted by Gasteiger charge is 2.39. The van der Waals surface area contributed by atoms with Crippen LogP contribution in [0, 0.1) is 5.92 Å². The summed E-state index contributed by atoms with van der Waals surface area (Å²) in [7, 11) is -1.78. The van der Waals surface area contributed by atoms with Crippen LogP contribution >= 0.6 is 7.49 Å². The molecule has 0 amide bonds. The van der Waals surface area contributed by atoms with Crippen molar-refractivity contribution in [2.45, 2.75) is 57.8 Å². The van der Waals surface area contributed by atoms with Gasteiger partial charge in [-0.1, -0.05) is 99.6 Å². The molecule has 162 valence electrons. The lowest BCUT2D eigenvalue weighted by molar-refractivity contribution is 0.546. The fourth-order valence-corrected chi connectivity index (χ4v) is 7.48. The van der Waals surface area contributed by atoms with E-state index in [2.05, 4.69) is 106 Å². The Kier molecular flexibility index (Phi) is 6.83. The second-order valence-electron chi connectivity index (χ2n) is 9.72. The van der Waals surface area contributed by atoms with Gasteiger partial charge in [-0.25, -0.2) is 0 Å². The lowest BCUT2D eigenvalue weighted by atomic mass is 9.90. The van der Waals surface area contributed by atoms with Gasteiger partial charge in [-0.15, -0.1) is 0 Å². The summed E-state index contributed by atoms with van der Waals surface area (Å²) in [5.74, 6) is 3.01. The maximum absolute atomic E-state index is 7.24. The van der Waals surface area contributed by atoms with Gasteiger partial charge in [-0.2, -0.15) is 0 Å². The van der Waals surface area contributed by atoms with Gasteiger partial charge in [-0.05, 0) is 41.7 Å². The highest BCUT2D eigenvalue weighted by atomic mass is 31.2. The summed E-state index contributed by atoms with van der Waals surface area (Å²) in [6.45, 7) is 9.37. The minimum atomic E-state index is -1.78. The number of para-hydroxylation sites is 1. The first-order valence-corrected chi connectivity index (χ1v) is 14.2. The van der Waals surface area contributed by atoms with Gasteiger partial charge >= 0.3 is 0 Å². The number of benzene rings is 3. The topological polar surface area (TPSA) is 9.23 Å². The second-order valence-corrected chi connectivity index (χ2v) is 13.1. The van der Waals surface area contributed by atoms with Crippen LogP contribution in [0.5, 0.6) is 5.75 Å². The van der Waals surface area contributed by atoms with Crippen LogP contribution in [-0.2, 0) is 12.3 Å². The zero-order valence-electron chi connectivity index (χ0n) is 19.4. The molecular formula is C29H36OP+. The molecule has 2 heteroatoms. The standard InChI is InChI=1S/C29H36OP/c1-22(2)27-16-11-17-28(23(3)26-18-19-26)29(27)30-31(4,20-24-12-7-5-8-13-24)21-25-14-9-6-10-15-25/h5-17,22-23,26H,18-21H2,1-4H3/q+1/t23-/m1/s1. The van der Waals surface area contributed by atoms with Crippen LogP contribution in [0.4, 0.5) is 0 Å². The summed E-state index contributed by atoms with van der Waals surface area (Å²) in [5.41, 5.74) is 5.51. The van der Waals surface area contributed by atoms with E-state index < -0.39 is 7.49 Å². The third kappa shape index (κ3) is 5.58. The zero-order valence-corrected chi connectivity index (χ0v) is 20.3. The van der Waals surface area contributed by atoms with Gasteiger partial charge in [0.2, 0.25) is 0 Å². The maximum Gasteiger partial charge on any atom is 0.196 e. The smallest absolute Gasteiger partial charge is 0.196 e. The highest BCUT2D eigenvalue weighted by molar-refractivity contribution is 7.69. The average molecular weight is 432 g/mol. The molecular weight excluding hydrogens is 395 g/mol. The molecule has 0 spiro atoms. The number of hydrogen-bond acceptors (Lipinski definition) is 1. The van der Waals surface area contributed by atoms with E-state index in [1.807, 2.05) is 0 Å². The summed E-state index contributed by atoms with van der Waals surface area (Å²) in [5, 5.41) is 0. The van der Waals surface area contributed by atoms with Crippen molar-refractivity contribution in [1.82, 2.24) is 0 Å². The normalized spacial score (nSPS) is 15.1. The van der Waals surface area contributed by atoms with Gasteiger partial charge in [0, 0.05) is 11.1 Å². The van der Waals surface area contributed by atoms with Crippen molar-refractivity contribution in [1.29, 1.82) is 0 Å². The first-order valence-electron chi connectivity index (χ1n) is 11.7. The molecule has 1 saturated carbocycles. The Labute approximate surface area is 189 Å². The first kappa shape index (κ1) is 22.1. The van der Waals surface area contributed by atoms with Crippen LogP contribution in [0.1, 0.15) is 67.7 Å². The molecule has 1 aliphatic rings. The molecule has 0 aliphatic heterocycles. The van der Waals surface area contributed by atoms with E-state index in [0.29, 0.717) is 11.8 Å². The third-order valence-electron chi connectivity index (χ3n) is 6.55. The van der Waals surface area contributed by atoms with E-state index in [0.717, 1.165) is 18.2 Å². The van der Waals surface area contributed by atoms with Gasteiger partial charge in [0.15, 0.2) is 13.2 Å². The van der Waals surface area contributed by atoms with Crippen LogP contribution < -0.4 is 4.52 Å². The SMILES string of the molecule is CC(C)c1cccc([C@H](C)C2CC2)c1O[P+](C)(Cc1ccccc1)Cc1ccccc1. The van der Waals surface area contributed by atoms with Gasteiger partial charge in [-0.3, -0.25) is 0 Å². The molecule has 4 rings (SSSR count). The molecule has 0 saturated heterocycles. The molecule has 1 aliphatic carbocycles. The summed E-state index contributed by atoms with van der Waals surface area (Å²) >= 11 is 0. The molecule has 0 radical (unpaired) electrons. The molecule has 1 atom stereocenters. The van der Waals surface area contributed by atoms with Crippen molar-refractivity contribution in [3.05, 3.63) is 101 Å². The van der Waals surface area contributed by atoms with E-state index in [1.54, 1.807) is 0 Å². The Morgan fingerprint density at radius 3 is 1.74 bits per heavy atom. The fourth-order valence-electron chi connectivity index (χ4n) is 4.62. The van der Waals surface area contributed by atoms with Crippen molar-refractivity contribution in [2.75, 3.05) is 6.66 Å². The molecule has 3 aromatic carbocycles. The molecule has 0 N–H and O–H groups in total. The van der Waals surface area contributed by atoms with Crippen LogP contribution in [-0.4, -0.2) is 6.66 Å². The molecule has 3 aromatic rings. The van der Waals surface area contributed by atoms with Crippen molar-refractivity contribution in [3.8, 4) is 5.75 Å². The van der Waals surface area contributed by atoms with E-state index in [9.17, 15) is 0 Å².